The Morgan fingerprint density at radius 2 is 0.923 bits per heavy atom. The lowest BCUT2D eigenvalue weighted by Gasteiger charge is -2.29. The predicted molar refractivity (Wildman–Crippen MR) is 58.0 cm³/mol. The van der Waals surface area contributed by atoms with Gasteiger partial charge in [-0.15, -0.1) is 0 Å². The molecule has 0 radical (unpaired) electrons. The van der Waals surface area contributed by atoms with E-state index in [0.29, 0.717) is 13.8 Å². The molecule has 14 heteroatoms. The van der Waals surface area contributed by atoms with Crippen LogP contribution < -0.4 is 0 Å². The third-order valence-corrected chi connectivity index (χ3v) is 2.66. The van der Waals surface area contributed by atoms with Gasteiger partial charge in [-0.25, -0.2) is 0 Å². The number of rotatable bonds is 3. The summed E-state index contributed by atoms with van der Waals surface area (Å²) in [5.74, 6) is -26.5. The van der Waals surface area contributed by atoms with Crippen LogP contribution in [0.25, 0.3) is 0 Å². The Morgan fingerprint density at radius 3 is 1.19 bits per heavy atom. The molecule has 0 aromatic heterocycles. The fourth-order valence-electron chi connectivity index (χ4n) is 1.25. The molecule has 0 aliphatic heterocycles. The molecule has 0 rings (SSSR count). The van der Waals surface area contributed by atoms with Crippen LogP contribution in [0.3, 0.4) is 0 Å². The van der Waals surface area contributed by atoms with Gasteiger partial charge in [-0.2, -0.15) is 61.5 Å². The van der Waals surface area contributed by atoms with Crippen molar-refractivity contribution < 1.29 is 61.5 Å². The van der Waals surface area contributed by atoms with Gasteiger partial charge in [0.1, 0.15) is 0 Å². The van der Waals surface area contributed by atoms with Crippen molar-refractivity contribution in [2.45, 2.75) is 49.9 Å². The van der Waals surface area contributed by atoms with E-state index in [1.165, 1.54) is 0 Å². The zero-order chi connectivity index (χ0) is 21.6. The van der Waals surface area contributed by atoms with Gasteiger partial charge in [0.2, 0.25) is 0 Å². The number of hydrogen-bond donors (Lipinski definition) is 0. The van der Waals surface area contributed by atoms with Gasteiger partial charge in [-0.3, -0.25) is 0 Å². The molecule has 0 aliphatic carbocycles. The van der Waals surface area contributed by atoms with Crippen LogP contribution in [-0.2, 0) is 0 Å². The van der Waals surface area contributed by atoms with E-state index < -0.39 is 47.2 Å². The maximum atomic E-state index is 13.4. The fourth-order valence-corrected chi connectivity index (χ4v) is 1.25. The van der Waals surface area contributed by atoms with Crippen LogP contribution in [0.1, 0.15) is 13.8 Å². The lowest BCUT2D eigenvalue weighted by atomic mass is 9.97. The SMILES string of the molecule is CC(C)=C(C#CC(F)(F)C(F)(F)C(F)(F)F)C(F)(F)C(F)(F)C(F)(F)F. The van der Waals surface area contributed by atoms with Crippen molar-refractivity contribution in [1.29, 1.82) is 0 Å². The zero-order valence-corrected chi connectivity index (χ0v) is 12.3. The maximum Gasteiger partial charge on any atom is 0.461 e. The Kier molecular flexibility index (Phi) is 6.07. The second kappa shape index (κ2) is 6.49. The number of halogens is 14. The van der Waals surface area contributed by atoms with E-state index in [0.717, 1.165) is 0 Å². The quantitative estimate of drug-likeness (QED) is 0.392. The highest BCUT2D eigenvalue weighted by molar-refractivity contribution is 5.42. The summed E-state index contributed by atoms with van der Waals surface area (Å²) in [6.45, 7) is 0.759. The molecule has 152 valence electrons. The normalized spacial score (nSPS) is 14.6. The minimum atomic E-state index is -6.91. The molecule has 26 heavy (non-hydrogen) atoms. The Labute approximate surface area is 135 Å². The average molecular weight is 416 g/mol. The second-order valence-electron chi connectivity index (χ2n) is 4.92. The summed E-state index contributed by atoms with van der Waals surface area (Å²) in [5.41, 5.74) is -3.94. The van der Waals surface area contributed by atoms with E-state index in [1.54, 1.807) is 0 Å². The van der Waals surface area contributed by atoms with Crippen molar-refractivity contribution in [3.63, 3.8) is 0 Å². The van der Waals surface area contributed by atoms with Gasteiger partial charge in [0.15, 0.2) is 0 Å². The molecule has 0 saturated carbocycles. The van der Waals surface area contributed by atoms with Crippen molar-refractivity contribution in [2.24, 2.45) is 0 Å². The molecule has 0 nitrogen and oxygen atoms in total. The monoisotopic (exact) mass is 416 g/mol. The van der Waals surface area contributed by atoms with Crippen molar-refractivity contribution in [3.05, 3.63) is 11.1 Å². The van der Waals surface area contributed by atoms with E-state index in [-0.39, 0.29) is 11.8 Å². The molecule has 0 atom stereocenters. The van der Waals surface area contributed by atoms with Crippen LogP contribution >= 0.6 is 0 Å². The maximum absolute atomic E-state index is 13.4. The summed E-state index contributed by atoms with van der Waals surface area (Å²) in [6, 6.07) is 0. The molecule has 0 fully saturated rings. The minimum absolute atomic E-state index is 0.226. The third kappa shape index (κ3) is 4.01. The summed E-state index contributed by atoms with van der Waals surface area (Å²) >= 11 is 0. The Morgan fingerprint density at radius 1 is 0.577 bits per heavy atom. The van der Waals surface area contributed by atoms with Gasteiger partial charge < -0.3 is 0 Å². The fraction of sp³-hybridized carbons (Fsp3) is 0.667. The van der Waals surface area contributed by atoms with E-state index in [1.807, 2.05) is 0 Å². The Balaban J connectivity index is 6.37. The van der Waals surface area contributed by atoms with E-state index >= 15 is 0 Å². The molecule has 0 bridgehead atoms. The summed E-state index contributed by atoms with van der Waals surface area (Å²) in [7, 11) is 0. The zero-order valence-electron chi connectivity index (χ0n) is 12.3. The molecular weight excluding hydrogens is 410 g/mol. The van der Waals surface area contributed by atoms with Crippen molar-refractivity contribution in [1.82, 2.24) is 0 Å². The minimum Gasteiger partial charge on any atom is -0.193 e. The molecule has 0 aromatic carbocycles. The largest absolute Gasteiger partial charge is 0.461 e. The molecule has 0 N–H and O–H groups in total. The molecule has 0 aliphatic rings. The highest BCUT2D eigenvalue weighted by Crippen LogP contribution is 2.51. The molecule has 0 amide bonds. The highest BCUT2D eigenvalue weighted by Gasteiger charge is 2.75. The van der Waals surface area contributed by atoms with Crippen LogP contribution in [0.5, 0.6) is 0 Å². The van der Waals surface area contributed by atoms with Crippen LogP contribution in [-0.4, -0.2) is 36.0 Å². The highest BCUT2D eigenvalue weighted by atomic mass is 19.4. The average Bonchev–Trinajstić information content (AvgIpc) is 2.34. The summed E-state index contributed by atoms with van der Waals surface area (Å²) < 4.78 is 175. The molecule has 0 heterocycles. The van der Waals surface area contributed by atoms with Crippen LogP contribution in [0.4, 0.5) is 61.5 Å². The Hall–Kier alpha value is -1.68. The van der Waals surface area contributed by atoms with E-state index in [2.05, 4.69) is 0 Å². The van der Waals surface area contributed by atoms with E-state index in [9.17, 15) is 61.5 Å². The smallest absolute Gasteiger partial charge is 0.193 e. The Bertz CT molecular complexity index is 615. The van der Waals surface area contributed by atoms with Gasteiger partial charge in [0, 0.05) is 0 Å². The van der Waals surface area contributed by atoms with Gasteiger partial charge in [-0.1, -0.05) is 11.5 Å². The van der Waals surface area contributed by atoms with Crippen molar-refractivity contribution in [2.75, 3.05) is 0 Å². The number of allylic oxidation sites excluding steroid dienone is 2. The molecule has 0 unspecified atom stereocenters. The van der Waals surface area contributed by atoms with Gasteiger partial charge in [0.25, 0.3) is 0 Å². The summed E-state index contributed by atoms with van der Waals surface area (Å²) in [5, 5.41) is 0. The number of hydrogen-bond acceptors (Lipinski definition) is 0. The first-order chi connectivity index (χ1) is 11.0. The molecular formula is C12H6F14. The molecule has 0 aromatic rings. The lowest BCUT2D eigenvalue weighted by Crippen LogP contribution is -2.53. The van der Waals surface area contributed by atoms with Crippen LogP contribution in [0.2, 0.25) is 0 Å². The predicted octanol–water partition coefficient (Wildman–Crippen LogP) is 5.99. The standard InChI is InChI=1S/C12H6F14/c1-5(2)6(8(15,16)10(19,20)12(24,25)26)3-4-7(13,14)9(17,18)11(21,22)23/h1-2H3. The van der Waals surface area contributed by atoms with Crippen LogP contribution in [0.15, 0.2) is 11.1 Å². The summed E-state index contributed by atoms with van der Waals surface area (Å²) in [4.78, 5) is 0. The topological polar surface area (TPSA) is 0 Å². The summed E-state index contributed by atoms with van der Waals surface area (Å²) in [6.07, 6.45) is -13.8. The van der Waals surface area contributed by atoms with Crippen LogP contribution in [0, 0.1) is 11.8 Å². The first-order valence-corrected chi connectivity index (χ1v) is 5.90. The first kappa shape index (κ1) is 24.3. The first-order valence-electron chi connectivity index (χ1n) is 5.90. The molecule has 0 spiro atoms. The lowest BCUT2D eigenvalue weighted by molar-refractivity contribution is -0.343. The third-order valence-electron chi connectivity index (χ3n) is 2.66. The second-order valence-corrected chi connectivity index (χ2v) is 4.92. The van der Waals surface area contributed by atoms with Gasteiger partial charge in [-0.05, 0) is 19.8 Å². The van der Waals surface area contributed by atoms with Crippen molar-refractivity contribution in [3.8, 4) is 11.8 Å². The van der Waals surface area contributed by atoms with Crippen molar-refractivity contribution >= 4 is 0 Å². The van der Waals surface area contributed by atoms with E-state index in [4.69, 9.17) is 0 Å². The molecule has 0 saturated heterocycles. The van der Waals surface area contributed by atoms with Gasteiger partial charge in [0.05, 0.1) is 5.57 Å². The van der Waals surface area contributed by atoms with Gasteiger partial charge >= 0.3 is 36.0 Å². The number of alkyl halides is 14.